The maximum Gasteiger partial charge on any atom is 0.270 e. The Morgan fingerprint density at radius 2 is 1.87 bits per heavy atom. The van der Waals surface area contributed by atoms with Gasteiger partial charge >= 0.3 is 0 Å². The number of piperidine rings is 1. The van der Waals surface area contributed by atoms with Gasteiger partial charge in [0.25, 0.3) is 11.8 Å². The number of likely N-dealkylation sites (tertiary alicyclic amines) is 2. The number of carbonyl (C=O) groups excluding carboxylic acids is 2. The molecule has 0 radical (unpaired) electrons. The monoisotopic (exact) mass is 461 g/mol. The summed E-state index contributed by atoms with van der Waals surface area (Å²) in [5.41, 5.74) is 1.35. The smallest absolute Gasteiger partial charge is 0.270 e. The summed E-state index contributed by atoms with van der Waals surface area (Å²) in [7, 11) is 0. The second-order valence-corrected chi connectivity index (χ2v) is 10.5. The zero-order chi connectivity index (χ0) is 21.8. The average molecular weight is 462 g/mol. The summed E-state index contributed by atoms with van der Waals surface area (Å²) in [5.74, 6) is 0.331. The molecule has 0 spiro atoms. The minimum atomic E-state index is -0.0763. The fourth-order valence-electron chi connectivity index (χ4n) is 4.38. The fourth-order valence-corrected chi connectivity index (χ4v) is 6.24. The Bertz CT molecular complexity index is 911. The molecule has 4 rings (SSSR count). The first-order chi connectivity index (χ1) is 15.0. The number of aryl methyl sites for hydroxylation is 2. The number of nitrogens with zero attached hydrogens (tertiary/aromatic N) is 4. The van der Waals surface area contributed by atoms with Gasteiger partial charge in [-0.25, -0.2) is 9.97 Å². The number of hydrogen-bond donors (Lipinski definition) is 1. The van der Waals surface area contributed by atoms with Crippen molar-refractivity contribution in [2.75, 3.05) is 39.3 Å². The maximum atomic E-state index is 12.8. The van der Waals surface area contributed by atoms with Crippen LogP contribution in [0.2, 0.25) is 0 Å². The lowest BCUT2D eigenvalue weighted by Gasteiger charge is -2.30. The van der Waals surface area contributed by atoms with E-state index in [2.05, 4.69) is 20.2 Å². The molecule has 0 unspecified atom stereocenters. The molecular weight excluding hydrogens is 430 g/mol. The molecule has 0 saturated carbocycles. The van der Waals surface area contributed by atoms with Crippen molar-refractivity contribution >= 4 is 34.5 Å². The van der Waals surface area contributed by atoms with E-state index < -0.39 is 0 Å². The third kappa shape index (κ3) is 5.51. The summed E-state index contributed by atoms with van der Waals surface area (Å²) in [6.07, 6.45) is 5.34. The van der Waals surface area contributed by atoms with E-state index in [9.17, 15) is 9.59 Å². The molecule has 2 aliphatic rings. The van der Waals surface area contributed by atoms with Crippen LogP contribution in [0.4, 0.5) is 0 Å². The molecule has 9 heteroatoms. The highest BCUT2D eigenvalue weighted by Crippen LogP contribution is 2.31. The van der Waals surface area contributed by atoms with Gasteiger partial charge in [0.1, 0.15) is 10.6 Å². The number of carbonyl (C=O) groups is 2. The van der Waals surface area contributed by atoms with Gasteiger partial charge in [0, 0.05) is 30.9 Å². The number of amides is 2. The Kier molecular flexibility index (Phi) is 7.35. The molecular formula is C22H31N5O2S2. The van der Waals surface area contributed by atoms with Crippen molar-refractivity contribution in [1.29, 1.82) is 0 Å². The van der Waals surface area contributed by atoms with Gasteiger partial charge in [0.2, 0.25) is 0 Å². The van der Waals surface area contributed by atoms with Crippen LogP contribution >= 0.6 is 22.7 Å². The Hall–Kier alpha value is -1.84. The molecule has 31 heavy (non-hydrogen) atoms. The number of aromatic nitrogens is 2. The predicted molar refractivity (Wildman–Crippen MR) is 124 cm³/mol. The lowest BCUT2D eigenvalue weighted by molar-refractivity contribution is 0.0717. The Morgan fingerprint density at radius 1 is 1.13 bits per heavy atom. The van der Waals surface area contributed by atoms with E-state index in [-0.39, 0.29) is 11.8 Å². The van der Waals surface area contributed by atoms with E-state index in [4.69, 9.17) is 0 Å². The van der Waals surface area contributed by atoms with Gasteiger partial charge in [-0.2, -0.15) is 0 Å². The highest BCUT2D eigenvalue weighted by molar-refractivity contribution is 7.13. The van der Waals surface area contributed by atoms with Gasteiger partial charge in [-0.05, 0) is 65.6 Å². The molecule has 7 nitrogen and oxygen atoms in total. The van der Waals surface area contributed by atoms with Crippen LogP contribution in [0.3, 0.4) is 0 Å². The average Bonchev–Trinajstić information content (AvgIpc) is 3.52. The van der Waals surface area contributed by atoms with E-state index in [1.165, 1.54) is 37.3 Å². The van der Waals surface area contributed by atoms with Crippen molar-refractivity contribution < 1.29 is 9.59 Å². The van der Waals surface area contributed by atoms with E-state index in [0.29, 0.717) is 18.2 Å². The van der Waals surface area contributed by atoms with Gasteiger partial charge < -0.3 is 15.1 Å². The first kappa shape index (κ1) is 22.4. The SMILES string of the molecule is Cc1nc(C)c(C(=O)N2CCC(c3nc(C(=O)NCCCN4CCCC4)cs3)CC2)s1. The molecule has 168 valence electrons. The van der Waals surface area contributed by atoms with Crippen molar-refractivity contribution in [1.82, 2.24) is 25.1 Å². The van der Waals surface area contributed by atoms with Gasteiger partial charge in [-0.1, -0.05) is 0 Å². The molecule has 1 N–H and O–H groups in total. The highest BCUT2D eigenvalue weighted by atomic mass is 32.1. The van der Waals surface area contributed by atoms with Crippen LogP contribution in [-0.4, -0.2) is 70.9 Å². The van der Waals surface area contributed by atoms with Crippen molar-refractivity contribution in [3.05, 3.63) is 31.7 Å². The second-order valence-electron chi connectivity index (χ2n) is 8.44. The van der Waals surface area contributed by atoms with E-state index in [1.54, 1.807) is 11.3 Å². The molecule has 2 saturated heterocycles. The largest absolute Gasteiger partial charge is 0.351 e. The van der Waals surface area contributed by atoms with Crippen LogP contribution in [0.1, 0.15) is 73.9 Å². The van der Waals surface area contributed by atoms with Gasteiger partial charge in [-0.15, -0.1) is 22.7 Å². The van der Waals surface area contributed by atoms with E-state index in [1.807, 2.05) is 24.1 Å². The van der Waals surface area contributed by atoms with Crippen molar-refractivity contribution in [3.8, 4) is 0 Å². The molecule has 0 bridgehead atoms. The predicted octanol–water partition coefficient (Wildman–Crippen LogP) is 3.45. The standard InChI is InChI=1S/C22H31N5O2S2/c1-15-19(31-16(2)24-15)22(29)27-12-6-17(7-13-27)21-25-18(14-30-21)20(28)23-8-5-11-26-9-3-4-10-26/h14,17H,3-13H2,1-2H3,(H,23,28). The molecule has 0 atom stereocenters. The molecule has 2 aromatic heterocycles. The maximum absolute atomic E-state index is 12.8. The number of hydrogen-bond acceptors (Lipinski definition) is 7. The van der Waals surface area contributed by atoms with Crippen LogP contribution < -0.4 is 5.32 Å². The van der Waals surface area contributed by atoms with E-state index in [0.717, 1.165) is 59.5 Å². The van der Waals surface area contributed by atoms with Crippen LogP contribution in [0.5, 0.6) is 0 Å². The zero-order valence-electron chi connectivity index (χ0n) is 18.4. The minimum Gasteiger partial charge on any atom is -0.351 e. The number of thiazole rings is 2. The summed E-state index contributed by atoms with van der Waals surface area (Å²) in [6, 6.07) is 0. The first-order valence-corrected chi connectivity index (χ1v) is 12.9. The highest BCUT2D eigenvalue weighted by Gasteiger charge is 2.28. The second kappa shape index (κ2) is 10.2. The third-order valence-electron chi connectivity index (χ3n) is 6.12. The molecule has 2 aromatic rings. The Labute approximate surface area is 191 Å². The lowest BCUT2D eigenvalue weighted by atomic mass is 9.97. The summed E-state index contributed by atoms with van der Waals surface area (Å²) >= 11 is 3.04. The zero-order valence-corrected chi connectivity index (χ0v) is 20.0. The molecule has 0 aliphatic carbocycles. The van der Waals surface area contributed by atoms with Crippen LogP contribution in [0.25, 0.3) is 0 Å². The number of nitrogens with one attached hydrogen (secondary N) is 1. The topological polar surface area (TPSA) is 78.4 Å². The van der Waals surface area contributed by atoms with Gasteiger partial charge in [0.05, 0.1) is 15.7 Å². The third-order valence-corrected chi connectivity index (χ3v) is 8.19. The fraction of sp³-hybridized carbons (Fsp3) is 0.636. The van der Waals surface area contributed by atoms with Crippen LogP contribution in [-0.2, 0) is 0 Å². The Balaban J connectivity index is 1.23. The van der Waals surface area contributed by atoms with Crippen LogP contribution in [0.15, 0.2) is 5.38 Å². The van der Waals surface area contributed by atoms with Gasteiger partial charge in [0.15, 0.2) is 0 Å². The minimum absolute atomic E-state index is 0.0763. The Morgan fingerprint density at radius 3 is 2.55 bits per heavy atom. The summed E-state index contributed by atoms with van der Waals surface area (Å²) in [5, 5.41) is 6.82. The number of rotatable bonds is 7. The summed E-state index contributed by atoms with van der Waals surface area (Å²) in [4.78, 5) is 39.4. The first-order valence-electron chi connectivity index (χ1n) is 11.2. The molecule has 0 aromatic carbocycles. The summed E-state index contributed by atoms with van der Waals surface area (Å²) < 4.78 is 0. The van der Waals surface area contributed by atoms with Gasteiger partial charge in [-0.3, -0.25) is 9.59 Å². The molecule has 2 fully saturated rings. The van der Waals surface area contributed by atoms with E-state index >= 15 is 0 Å². The van der Waals surface area contributed by atoms with Crippen LogP contribution in [0, 0.1) is 13.8 Å². The van der Waals surface area contributed by atoms with Crippen molar-refractivity contribution in [3.63, 3.8) is 0 Å². The van der Waals surface area contributed by atoms with Crippen molar-refractivity contribution in [2.24, 2.45) is 0 Å². The quantitative estimate of drug-likeness (QED) is 0.639. The lowest BCUT2D eigenvalue weighted by Crippen LogP contribution is -2.37. The molecule has 2 aliphatic heterocycles. The normalized spacial score (nSPS) is 17.9. The molecule has 2 amide bonds. The molecule has 4 heterocycles. The summed E-state index contributed by atoms with van der Waals surface area (Å²) in [6.45, 7) is 9.41. The van der Waals surface area contributed by atoms with Crippen molar-refractivity contribution in [2.45, 2.75) is 51.9 Å².